The number of benzene rings is 1. The van der Waals surface area contributed by atoms with Crippen LogP contribution in [0.15, 0.2) is 30.3 Å². The summed E-state index contributed by atoms with van der Waals surface area (Å²) in [5.74, 6) is 3.96. The van der Waals surface area contributed by atoms with Crippen LogP contribution in [0.5, 0.6) is 0 Å². The Morgan fingerprint density at radius 3 is 1.43 bits per heavy atom. The van der Waals surface area contributed by atoms with Crippen LogP contribution in [0, 0.1) is 0 Å². The maximum atomic E-state index is 12.8. The summed E-state index contributed by atoms with van der Waals surface area (Å²) in [6.45, 7) is 16.6. The second kappa shape index (κ2) is 19.8. The van der Waals surface area contributed by atoms with E-state index < -0.39 is 5.60 Å². The topological polar surface area (TPSA) is 186 Å². The van der Waals surface area contributed by atoms with Crippen LogP contribution in [-0.2, 0) is 11.2 Å². The third kappa shape index (κ3) is 11.7. The number of ether oxygens (including phenoxy) is 1. The van der Waals surface area contributed by atoms with Crippen LogP contribution in [-0.4, -0.2) is 153 Å². The van der Waals surface area contributed by atoms with Crippen LogP contribution in [0.25, 0.3) is 0 Å². The number of amides is 1. The molecule has 3 aromatic heterocycles. The van der Waals surface area contributed by atoms with E-state index in [2.05, 4.69) is 64.2 Å². The van der Waals surface area contributed by atoms with Crippen molar-refractivity contribution < 1.29 is 9.53 Å². The smallest absolute Gasteiger partial charge is 0.410 e. The van der Waals surface area contributed by atoms with Crippen molar-refractivity contribution in [3.05, 3.63) is 46.5 Å². The monoisotopic (exact) mass is 863 g/mol. The molecule has 2 N–H and O–H groups in total. The Morgan fingerprint density at radius 2 is 1.00 bits per heavy atom. The van der Waals surface area contributed by atoms with Crippen molar-refractivity contribution in [1.82, 2.24) is 49.8 Å². The average Bonchev–Trinajstić information content (AvgIpc) is 3.24. The Labute approximate surface area is 361 Å². The summed E-state index contributed by atoms with van der Waals surface area (Å²) in [6, 6.07) is 10.3. The summed E-state index contributed by atoms with van der Waals surface area (Å²) >= 11 is 12.1. The number of aromatic nitrogens is 9. The number of nitrogens with zero attached hydrogens (tertiary/aromatic N) is 15. The number of rotatable bonds is 14. The number of hydrogen-bond acceptors (Lipinski definition) is 18. The van der Waals surface area contributed by atoms with E-state index in [-0.39, 0.29) is 16.7 Å². The Bertz CT molecular complexity index is 2000. The lowest BCUT2D eigenvalue weighted by atomic mass is 10.1. The average molecular weight is 865 g/mol. The predicted octanol–water partition coefficient (Wildman–Crippen LogP) is 4.52. The van der Waals surface area contributed by atoms with Crippen LogP contribution < -0.4 is 35.1 Å². The number of halogens is 2. The summed E-state index contributed by atoms with van der Waals surface area (Å²) in [5.41, 5.74) is 0.673. The van der Waals surface area contributed by atoms with Gasteiger partial charge in [-0.15, -0.1) is 0 Å². The van der Waals surface area contributed by atoms with E-state index in [9.17, 15) is 4.79 Å². The lowest BCUT2D eigenvalue weighted by Gasteiger charge is -2.37. The Kier molecular flexibility index (Phi) is 14.2. The predicted molar refractivity (Wildman–Crippen MR) is 235 cm³/mol. The molecule has 0 aliphatic carbocycles. The Morgan fingerprint density at radius 1 is 0.583 bits per heavy atom. The fourth-order valence-electron chi connectivity index (χ4n) is 7.06. The first-order valence-electron chi connectivity index (χ1n) is 20.8. The number of piperazine rings is 3. The Hall–Kier alpha value is -5.30. The molecule has 21 heteroatoms. The second-order valence-corrected chi connectivity index (χ2v) is 16.6. The van der Waals surface area contributed by atoms with Crippen molar-refractivity contribution in [3.8, 4) is 0 Å². The number of hydrogen-bond donors (Lipinski definition) is 2. The molecule has 7 rings (SSSR count). The van der Waals surface area contributed by atoms with E-state index in [1.165, 1.54) is 5.56 Å². The third-order valence-corrected chi connectivity index (χ3v) is 10.6. The first-order valence-corrected chi connectivity index (χ1v) is 21.6. The summed E-state index contributed by atoms with van der Waals surface area (Å²) < 4.78 is 5.63. The van der Waals surface area contributed by atoms with E-state index in [0.29, 0.717) is 127 Å². The molecule has 6 heterocycles. The van der Waals surface area contributed by atoms with E-state index in [1.54, 1.807) is 4.90 Å². The van der Waals surface area contributed by atoms with Gasteiger partial charge in [-0.1, -0.05) is 50.1 Å². The van der Waals surface area contributed by atoms with Gasteiger partial charge < -0.3 is 44.8 Å². The van der Waals surface area contributed by atoms with Crippen LogP contribution in [0.3, 0.4) is 0 Å². The molecular formula is C39H55Cl2N17O2. The second-order valence-electron chi connectivity index (χ2n) is 15.9. The van der Waals surface area contributed by atoms with Crippen molar-refractivity contribution in [2.75, 3.05) is 127 Å². The quantitative estimate of drug-likeness (QED) is 0.169. The van der Waals surface area contributed by atoms with Crippen LogP contribution in [0.1, 0.15) is 52.5 Å². The van der Waals surface area contributed by atoms with Crippen molar-refractivity contribution in [2.24, 2.45) is 0 Å². The van der Waals surface area contributed by atoms with E-state index in [1.807, 2.05) is 43.9 Å². The van der Waals surface area contributed by atoms with Crippen molar-refractivity contribution in [1.29, 1.82) is 0 Å². The van der Waals surface area contributed by atoms with Gasteiger partial charge in [0.1, 0.15) is 5.60 Å². The Balaban J connectivity index is 1.04. The van der Waals surface area contributed by atoms with Gasteiger partial charge in [-0.05, 0) is 62.4 Å². The maximum Gasteiger partial charge on any atom is 0.410 e. The van der Waals surface area contributed by atoms with Crippen molar-refractivity contribution in [3.63, 3.8) is 0 Å². The molecule has 1 aromatic carbocycles. The fourth-order valence-corrected chi connectivity index (χ4v) is 7.41. The highest BCUT2D eigenvalue weighted by Crippen LogP contribution is 2.25. The summed E-state index contributed by atoms with van der Waals surface area (Å²) in [4.78, 5) is 67.2. The molecular weight excluding hydrogens is 809 g/mol. The minimum atomic E-state index is -0.556. The van der Waals surface area contributed by atoms with Gasteiger partial charge in [-0.25, -0.2) is 4.79 Å². The molecule has 0 bridgehead atoms. The molecule has 0 atom stereocenters. The zero-order chi connectivity index (χ0) is 42.1. The third-order valence-electron chi connectivity index (χ3n) is 10.3. The van der Waals surface area contributed by atoms with Crippen LogP contribution in [0.2, 0.25) is 10.6 Å². The normalized spacial score (nSPS) is 16.3. The van der Waals surface area contributed by atoms with Crippen LogP contribution in [0.4, 0.5) is 46.4 Å². The van der Waals surface area contributed by atoms with E-state index >= 15 is 0 Å². The van der Waals surface area contributed by atoms with Gasteiger partial charge in [-0.3, -0.25) is 0 Å². The number of nitrogens with one attached hydrogen (secondary N) is 2. The van der Waals surface area contributed by atoms with Gasteiger partial charge in [0.15, 0.2) is 0 Å². The molecule has 322 valence electrons. The molecule has 19 nitrogen and oxygen atoms in total. The molecule has 60 heavy (non-hydrogen) atoms. The van der Waals surface area contributed by atoms with Gasteiger partial charge in [-0.2, -0.15) is 44.9 Å². The lowest BCUT2D eigenvalue weighted by molar-refractivity contribution is 0.0240. The number of anilines is 7. The molecule has 3 fully saturated rings. The SMILES string of the molecule is CCCCCNc1nc(N2CCN(c3nc(Cl)nc(Cl)n3)CC2)nc(N2CCN(c3nc(NCCc4ccccc4)nc(N4CCN(C(=O)OC(C)(C)C)CC4)n3)CC2)n1. The highest BCUT2D eigenvalue weighted by Gasteiger charge is 2.30. The molecule has 3 aliphatic rings. The molecule has 0 radical (unpaired) electrons. The number of unbranched alkanes of at least 4 members (excludes halogenated alkanes) is 2. The lowest BCUT2D eigenvalue weighted by Crippen LogP contribution is -2.51. The standard InChI is InChI=1S/C39H55Cl2N17O2/c1-5-6-10-14-42-31-47-34(54-18-16-53(17-19-54)33-45-29(40)44-30(41)46-33)51-35(48-31)55-20-22-56(23-21-55)36-49-32(43-15-13-28-11-8-7-9-12-28)50-37(52-36)57-24-26-58(27-25-57)38(59)60-39(2,3)4/h7-9,11-12H,5-6,10,13-27H2,1-4H3,(H,42,47,48,51)(H,43,49,50,52). The largest absolute Gasteiger partial charge is 0.444 e. The highest BCUT2D eigenvalue weighted by atomic mass is 35.5. The van der Waals surface area contributed by atoms with Crippen molar-refractivity contribution >= 4 is 70.9 Å². The molecule has 0 saturated carbocycles. The zero-order valence-electron chi connectivity index (χ0n) is 34.9. The fraction of sp³-hybridized carbons (Fsp3) is 0.590. The maximum absolute atomic E-state index is 12.8. The molecule has 0 unspecified atom stereocenters. The summed E-state index contributed by atoms with van der Waals surface area (Å²) in [6.07, 6.45) is 3.79. The zero-order valence-corrected chi connectivity index (χ0v) is 36.4. The number of carbonyl (C=O) groups is 1. The van der Waals surface area contributed by atoms with E-state index in [0.717, 1.165) is 32.2 Å². The highest BCUT2D eigenvalue weighted by molar-refractivity contribution is 6.31. The minimum Gasteiger partial charge on any atom is -0.444 e. The first-order chi connectivity index (χ1) is 29.0. The summed E-state index contributed by atoms with van der Waals surface area (Å²) in [5, 5.41) is 7.03. The summed E-state index contributed by atoms with van der Waals surface area (Å²) in [7, 11) is 0. The molecule has 0 spiro atoms. The first kappa shape index (κ1) is 42.8. The van der Waals surface area contributed by atoms with Gasteiger partial charge in [0, 0.05) is 91.6 Å². The number of carbonyl (C=O) groups excluding carboxylic acids is 1. The van der Waals surface area contributed by atoms with Crippen LogP contribution >= 0.6 is 23.2 Å². The van der Waals surface area contributed by atoms with Gasteiger partial charge in [0.2, 0.25) is 52.2 Å². The van der Waals surface area contributed by atoms with Crippen molar-refractivity contribution in [2.45, 2.75) is 59.0 Å². The van der Waals surface area contributed by atoms with Gasteiger partial charge in [0.05, 0.1) is 0 Å². The van der Waals surface area contributed by atoms with Gasteiger partial charge in [0.25, 0.3) is 0 Å². The molecule has 3 saturated heterocycles. The molecule has 4 aromatic rings. The molecule has 3 aliphatic heterocycles. The van der Waals surface area contributed by atoms with Gasteiger partial charge >= 0.3 is 6.09 Å². The minimum absolute atomic E-state index is 0.0653. The molecule has 1 amide bonds. The van der Waals surface area contributed by atoms with E-state index in [4.69, 9.17) is 57.8 Å².